The van der Waals surface area contributed by atoms with E-state index in [2.05, 4.69) is 9.97 Å². The number of hydrogen-bond donors (Lipinski definition) is 1. The van der Waals surface area contributed by atoms with Gasteiger partial charge in [0.1, 0.15) is 6.61 Å². The van der Waals surface area contributed by atoms with Crippen molar-refractivity contribution in [2.45, 2.75) is 13.5 Å². The highest BCUT2D eigenvalue weighted by Crippen LogP contribution is 2.25. The quantitative estimate of drug-likeness (QED) is 0.590. The van der Waals surface area contributed by atoms with Gasteiger partial charge in [-0.05, 0) is 30.0 Å². The van der Waals surface area contributed by atoms with E-state index in [-0.39, 0.29) is 23.7 Å². The predicted molar refractivity (Wildman–Crippen MR) is 84.5 cm³/mol. The number of aromatic nitrogens is 2. The van der Waals surface area contributed by atoms with Crippen molar-refractivity contribution < 1.29 is 9.66 Å². The van der Waals surface area contributed by atoms with Gasteiger partial charge in [-0.3, -0.25) is 14.9 Å². The Hall–Kier alpha value is -3.22. The zero-order valence-corrected chi connectivity index (χ0v) is 12.3. The van der Waals surface area contributed by atoms with E-state index in [9.17, 15) is 14.9 Å². The number of fused-ring (bicyclic) bond motifs is 1. The molecule has 2 heterocycles. The summed E-state index contributed by atoms with van der Waals surface area (Å²) in [5.41, 5.74) is 0.759. The highest BCUT2D eigenvalue weighted by Gasteiger charge is 2.17. The monoisotopic (exact) mass is 311 g/mol. The second kappa shape index (κ2) is 5.88. The minimum Gasteiger partial charge on any atom is -0.466 e. The lowest BCUT2D eigenvalue weighted by atomic mass is 10.1. The largest absolute Gasteiger partial charge is 0.466 e. The molecule has 0 aliphatic heterocycles. The third-order valence-corrected chi connectivity index (χ3v) is 3.34. The first-order valence-electron chi connectivity index (χ1n) is 6.89. The number of H-pyrrole nitrogens is 1. The van der Waals surface area contributed by atoms with Gasteiger partial charge in [0.15, 0.2) is 0 Å². The fourth-order valence-electron chi connectivity index (χ4n) is 2.27. The molecule has 0 aliphatic rings. The lowest BCUT2D eigenvalue weighted by Gasteiger charge is -2.07. The topological polar surface area (TPSA) is 98.1 Å². The third-order valence-electron chi connectivity index (χ3n) is 3.34. The zero-order chi connectivity index (χ0) is 16.4. The molecule has 0 atom stereocenters. The molecule has 0 saturated carbocycles. The molecule has 7 nitrogen and oxygen atoms in total. The van der Waals surface area contributed by atoms with E-state index < -0.39 is 4.92 Å². The van der Waals surface area contributed by atoms with Gasteiger partial charge in [0.05, 0.1) is 10.6 Å². The van der Waals surface area contributed by atoms with Gasteiger partial charge in [-0.1, -0.05) is 18.2 Å². The molecule has 0 unspecified atom stereocenters. The Morgan fingerprint density at radius 1 is 1.30 bits per heavy atom. The second-order valence-corrected chi connectivity index (χ2v) is 5.09. The standard InChI is InChI=1S/C16H13N3O4/c1-10-6-14(19(21)22)16(17-8-10)23-9-12-7-11-4-2-3-5-13(11)15(20)18-12/h2-8H,9H2,1H3,(H,18,20). The van der Waals surface area contributed by atoms with Crippen LogP contribution in [0.15, 0.2) is 47.4 Å². The number of nitrogens with zero attached hydrogens (tertiary/aromatic N) is 2. The van der Waals surface area contributed by atoms with Crippen molar-refractivity contribution in [3.05, 3.63) is 74.3 Å². The number of aryl methyl sites for hydroxylation is 1. The summed E-state index contributed by atoms with van der Waals surface area (Å²) in [5.74, 6) is -0.0744. The Balaban J connectivity index is 1.90. The van der Waals surface area contributed by atoms with Crippen molar-refractivity contribution >= 4 is 16.5 Å². The summed E-state index contributed by atoms with van der Waals surface area (Å²) in [7, 11) is 0. The van der Waals surface area contributed by atoms with Gasteiger partial charge in [0.2, 0.25) is 0 Å². The van der Waals surface area contributed by atoms with E-state index in [1.54, 1.807) is 25.1 Å². The van der Waals surface area contributed by atoms with Crippen LogP contribution < -0.4 is 10.3 Å². The molecule has 3 rings (SSSR count). The van der Waals surface area contributed by atoms with Crippen molar-refractivity contribution in [2.24, 2.45) is 0 Å². The molecule has 0 radical (unpaired) electrons. The third kappa shape index (κ3) is 3.03. The summed E-state index contributed by atoms with van der Waals surface area (Å²) in [6, 6.07) is 10.3. The van der Waals surface area contributed by atoms with Crippen LogP contribution >= 0.6 is 0 Å². The summed E-state index contributed by atoms with van der Waals surface area (Å²) in [4.78, 5) is 29.1. The molecule has 1 aromatic carbocycles. The SMILES string of the molecule is Cc1cnc(OCc2cc3ccccc3c(=O)[nH]2)c([N+](=O)[O-])c1. The molecule has 0 spiro atoms. The lowest BCUT2D eigenvalue weighted by Crippen LogP contribution is -2.11. The van der Waals surface area contributed by atoms with Gasteiger partial charge in [0.25, 0.3) is 11.4 Å². The van der Waals surface area contributed by atoms with E-state index in [0.717, 1.165) is 5.39 Å². The molecule has 0 fully saturated rings. The van der Waals surface area contributed by atoms with Crippen molar-refractivity contribution in [1.82, 2.24) is 9.97 Å². The summed E-state index contributed by atoms with van der Waals surface area (Å²) < 4.78 is 5.42. The van der Waals surface area contributed by atoms with Crippen molar-refractivity contribution in [3.63, 3.8) is 0 Å². The summed E-state index contributed by atoms with van der Waals surface area (Å²) >= 11 is 0. The molecule has 0 amide bonds. The first-order chi connectivity index (χ1) is 11.0. The average Bonchev–Trinajstić information content (AvgIpc) is 2.53. The molecule has 0 bridgehead atoms. The van der Waals surface area contributed by atoms with Gasteiger partial charge in [0, 0.05) is 17.6 Å². The Morgan fingerprint density at radius 3 is 2.87 bits per heavy atom. The van der Waals surface area contributed by atoms with E-state index in [1.165, 1.54) is 12.3 Å². The van der Waals surface area contributed by atoms with Crippen LogP contribution in [0.25, 0.3) is 10.8 Å². The minimum atomic E-state index is -0.543. The maximum Gasteiger partial charge on any atom is 0.331 e. The molecular formula is C16H13N3O4. The maximum atomic E-state index is 12.0. The summed E-state index contributed by atoms with van der Waals surface area (Å²) in [5, 5.41) is 12.4. The Bertz CT molecular complexity index is 949. The van der Waals surface area contributed by atoms with Crippen LogP contribution in [0, 0.1) is 17.0 Å². The van der Waals surface area contributed by atoms with Gasteiger partial charge in [-0.15, -0.1) is 0 Å². The Morgan fingerprint density at radius 2 is 2.09 bits per heavy atom. The lowest BCUT2D eigenvalue weighted by molar-refractivity contribution is -0.386. The number of benzene rings is 1. The molecule has 1 N–H and O–H groups in total. The highest BCUT2D eigenvalue weighted by molar-refractivity contribution is 5.81. The summed E-state index contributed by atoms with van der Waals surface area (Å²) in [6.45, 7) is 1.70. The molecule has 116 valence electrons. The van der Waals surface area contributed by atoms with Crippen LogP contribution in [-0.4, -0.2) is 14.9 Å². The van der Waals surface area contributed by atoms with Crippen LogP contribution in [0.1, 0.15) is 11.3 Å². The van der Waals surface area contributed by atoms with Crippen molar-refractivity contribution in [2.75, 3.05) is 0 Å². The maximum absolute atomic E-state index is 12.0. The van der Waals surface area contributed by atoms with E-state index in [0.29, 0.717) is 16.6 Å². The molecule has 2 aromatic heterocycles. The number of hydrogen-bond acceptors (Lipinski definition) is 5. The zero-order valence-electron chi connectivity index (χ0n) is 12.3. The molecule has 23 heavy (non-hydrogen) atoms. The van der Waals surface area contributed by atoms with E-state index >= 15 is 0 Å². The number of ether oxygens (including phenoxy) is 1. The molecule has 7 heteroatoms. The molecule has 3 aromatic rings. The van der Waals surface area contributed by atoms with Crippen LogP contribution in [0.4, 0.5) is 5.69 Å². The molecule has 0 aliphatic carbocycles. The van der Waals surface area contributed by atoms with Crippen LogP contribution in [0.5, 0.6) is 5.88 Å². The van der Waals surface area contributed by atoms with Gasteiger partial charge in [-0.25, -0.2) is 4.98 Å². The van der Waals surface area contributed by atoms with Crippen molar-refractivity contribution in [1.29, 1.82) is 0 Å². The number of rotatable bonds is 4. The number of nitro groups is 1. The van der Waals surface area contributed by atoms with Gasteiger partial charge >= 0.3 is 5.69 Å². The predicted octanol–water partition coefficient (Wildman–Crippen LogP) is 2.72. The number of pyridine rings is 2. The first kappa shape index (κ1) is 14.7. The smallest absolute Gasteiger partial charge is 0.331 e. The van der Waals surface area contributed by atoms with Crippen LogP contribution in [0.3, 0.4) is 0 Å². The van der Waals surface area contributed by atoms with E-state index in [1.807, 2.05) is 12.1 Å². The molecular weight excluding hydrogens is 298 g/mol. The normalized spacial score (nSPS) is 10.7. The average molecular weight is 311 g/mol. The van der Waals surface area contributed by atoms with Gasteiger partial charge < -0.3 is 9.72 Å². The Labute approximate surface area is 130 Å². The fraction of sp³-hybridized carbons (Fsp3) is 0.125. The van der Waals surface area contributed by atoms with Crippen molar-refractivity contribution in [3.8, 4) is 5.88 Å². The van der Waals surface area contributed by atoms with Crippen LogP contribution in [0.2, 0.25) is 0 Å². The molecule has 0 saturated heterocycles. The Kier molecular flexibility index (Phi) is 3.76. The van der Waals surface area contributed by atoms with E-state index in [4.69, 9.17) is 4.74 Å². The van der Waals surface area contributed by atoms with Gasteiger partial charge in [-0.2, -0.15) is 0 Å². The minimum absolute atomic E-state index is 0.0169. The van der Waals surface area contributed by atoms with Crippen LogP contribution in [-0.2, 0) is 6.61 Å². The summed E-state index contributed by atoms with van der Waals surface area (Å²) in [6.07, 6.45) is 1.49. The number of aromatic amines is 1. The number of nitrogens with one attached hydrogen (secondary N) is 1. The second-order valence-electron chi connectivity index (χ2n) is 5.09. The first-order valence-corrected chi connectivity index (χ1v) is 6.89. The fourth-order valence-corrected chi connectivity index (χ4v) is 2.27. The highest BCUT2D eigenvalue weighted by atomic mass is 16.6.